The molecular formula is C15H23NO2. The van der Waals surface area contributed by atoms with Crippen LogP contribution in [0, 0.1) is 0 Å². The zero-order valence-corrected chi connectivity index (χ0v) is 11.5. The molecule has 1 aromatic rings. The monoisotopic (exact) mass is 249 g/mol. The van der Waals surface area contributed by atoms with E-state index in [2.05, 4.69) is 11.8 Å². The Balaban J connectivity index is 2.49. The number of likely N-dealkylation sites (N-methyl/N-ethyl adjacent to an activating group) is 1. The van der Waals surface area contributed by atoms with Crippen molar-refractivity contribution >= 4 is 0 Å². The van der Waals surface area contributed by atoms with Gasteiger partial charge >= 0.3 is 0 Å². The molecule has 18 heavy (non-hydrogen) atoms. The van der Waals surface area contributed by atoms with E-state index in [1.807, 2.05) is 20.2 Å². The van der Waals surface area contributed by atoms with Crippen molar-refractivity contribution in [3.63, 3.8) is 0 Å². The van der Waals surface area contributed by atoms with Gasteiger partial charge in [-0.3, -0.25) is 0 Å². The van der Waals surface area contributed by atoms with Crippen molar-refractivity contribution in [2.24, 2.45) is 0 Å². The van der Waals surface area contributed by atoms with Gasteiger partial charge in [-0.05, 0) is 51.6 Å². The second-order valence-electron chi connectivity index (χ2n) is 5.79. The Morgan fingerprint density at radius 1 is 1.17 bits per heavy atom. The van der Waals surface area contributed by atoms with Gasteiger partial charge in [-0.1, -0.05) is 25.0 Å². The Morgan fingerprint density at radius 3 is 2.44 bits per heavy atom. The third kappa shape index (κ3) is 1.91. The second-order valence-corrected chi connectivity index (χ2v) is 5.79. The topological polar surface area (TPSA) is 43.7 Å². The molecule has 2 atom stereocenters. The molecule has 1 aliphatic carbocycles. The molecule has 1 fully saturated rings. The predicted molar refractivity (Wildman–Crippen MR) is 72.6 cm³/mol. The van der Waals surface area contributed by atoms with Gasteiger partial charge in [0.15, 0.2) is 0 Å². The average molecular weight is 249 g/mol. The van der Waals surface area contributed by atoms with E-state index in [4.69, 9.17) is 0 Å². The van der Waals surface area contributed by atoms with Crippen molar-refractivity contribution in [2.45, 2.75) is 43.7 Å². The lowest BCUT2D eigenvalue weighted by Crippen LogP contribution is -2.59. The van der Waals surface area contributed by atoms with Gasteiger partial charge in [0, 0.05) is 0 Å². The summed E-state index contributed by atoms with van der Waals surface area (Å²) in [5, 5.41) is 20.8. The van der Waals surface area contributed by atoms with E-state index in [1.165, 1.54) is 0 Å². The smallest absolute Gasteiger partial charge is 0.115 e. The molecule has 0 heterocycles. The minimum Gasteiger partial charge on any atom is -0.508 e. The van der Waals surface area contributed by atoms with E-state index >= 15 is 0 Å². The highest BCUT2D eigenvalue weighted by molar-refractivity contribution is 5.34. The molecule has 2 rings (SSSR count). The lowest BCUT2D eigenvalue weighted by Gasteiger charge is -2.52. The third-order valence-corrected chi connectivity index (χ3v) is 4.65. The summed E-state index contributed by atoms with van der Waals surface area (Å²) in [5.74, 6) is 0.215. The highest BCUT2D eigenvalue weighted by Crippen LogP contribution is 2.47. The van der Waals surface area contributed by atoms with Crippen LogP contribution in [0.15, 0.2) is 24.3 Å². The van der Waals surface area contributed by atoms with E-state index in [0.717, 1.165) is 31.2 Å². The lowest BCUT2D eigenvalue weighted by molar-refractivity contribution is -0.123. The highest BCUT2D eigenvalue weighted by atomic mass is 16.3. The summed E-state index contributed by atoms with van der Waals surface area (Å²) in [7, 11) is 4.03. The van der Waals surface area contributed by atoms with Crippen LogP contribution in [0.3, 0.4) is 0 Å². The molecule has 0 saturated heterocycles. The van der Waals surface area contributed by atoms with Gasteiger partial charge < -0.3 is 15.1 Å². The zero-order valence-electron chi connectivity index (χ0n) is 11.5. The van der Waals surface area contributed by atoms with Gasteiger partial charge in [0.05, 0.1) is 5.54 Å². The quantitative estimate of drug-likeness (QED) is 0.846. The molecule has 0 aliphatic heterocycles. The SMILES string of the molecule is CN(C)C1(C)CCCCC1(O)c1cccc(O)c1. The van der Waals surface area contributed by atoms with Crippen LogP contribution in [0.4, 0.5) is 0 Å². The first-order valence-electron chi connectivity index (χ1n) is 6.59. The van der Waals surface area contributed by atoms with Crippen LogP contribution >= 0.6 is 0 Å². The number of benzene rings is 1. The third-order valence-electron chi connectivity index (χ3n) is 4.65. The van der Waals surface area contributed by atoms with Gasteiger partial charge in [0.2, 0.25) is 0 Å². The molecule has 0 amide bonds. The molecule has 0 radical (unpaired) electrons. The fraction of sp³-hybridized carbons (Fsp3) is 0.600. The summed E-state index contributed by atoms with van der Waals surface area (Å²) in [6.07, 6.45) is 3.86. The number of nitrogens with zero attached hydrogens (tertiary/aromatic N) is 1. The Hall–Kier alpha value is -1.06. The summed E-state index contributed by atoms with van der Waals surface area (Å²) < 4.78 is 0. The number of aliphatic hydroxyl groups is 1. The molecule has 3 heteroatoms. The van der Waals surface area contributed by atoms with Crippen molar-refractivity contribution in [1.82, 2.24) is 4.90 Å². The van der Waals surface area contributed by atoms with E-state index in [1.54, 1.807) is 18.2 Å². The molecule has 3 nitrogen and oxygen atoms in total. The summed E-state index contributed by atoms with van der Waals surface area (Å²) in [6, 6.07) is 7.04. The van der Waals surface area contributed by atoms with Crippen molar-refractivity contribution < 1.29 is 10.2 Å². The molecule has 1 aromatic carbocycles. The van der Waals surface area contributed by atoms with E-state index in [-0.39, 0.29) is 11.3 Å². The number of hydrogen-bond acceptors (Lipinski definition) is 3. The summed E-state index contributed by atoms with van der Waals surface area (Å²) in [6.45, 7) is 2.11. The number of phenols is 1. The van der Waals surface area contributed by atoms with Gasteiger partial charge in [0.1, 0.15) is 11.4 Å². The van der Waals surface area contributed by atoms with Crippen molar-refractivity contribution in [3.8, 4) is 5.75 Å². The first-order chi connectivity index (χ1) is 8.40. The summed E-state index contributed by atoms with van der Waals surface area (Å²) in [5.41, 5.74) is -0.370. The van der Waals surface area contributed by atoms with Crippen LogP contribution in [0.2, 0.25) is 0 Å². The van der Waals surface area contributed by atoms with Gasteiger partial charge in [0.25, 0.3) is 0 Å². The Labute approximate surface area is 109 Å². The number of phenolic OH excluding ortho intramolecular Hbond substituents is 1. The standard InChI is InChI=1S/C15H23NO2/c1-14(16(2)3)9-4-5-10-15(14,18)12-7-6-8-13(17)11-12/h6-8,11,17-18H,4-5,9-10H2,1-3H3. The van der Waals surface area contributed by atoms with Gasteiger partial charge in [-0.25, -0.2) is 0 Å². The predicted octanol–water partition coefficient (Wildman–Crippen LogP) is 2.47. The first-order valence-corrected chi connectivity index (χ1v) is 6.59. The maximum absolute atomic E-state index is 11.2. The maximum atomic E-state index is 11.2. The molecule has 2 N–H and O–H groups in total. The highest BCUT2D eigenvalue weighted by Gasteiger charge is 2.51. The van der Waals surface area contributed by atoms with E-state index in [9.17, 15) is 10.2 Å². The first kappa shape index (κ1) is 13.4. The normalized spacial score (nSPS) is 32.7. The second kappa shape index (κ2) is 4.56. The fourth-order valence-corrected chi connectivity index (χ4v) is 3.14. The maximum Gasteiger partial charge on any atom is 0.115 e. The molecule has 1 saturated carbocycles. The number of hydrogen-bond donors (Lipinski definition) is 2. The van der Waals surface area contributed by atoms with Crippen LogP contribution in [0.5, 0.6) is 5.75 Å². The van der Waals surface area contributed by atoms with E-state index in [0.29, 0.717) is 0 Å². The van der Waals surface area contributed by atoms with Crippen molar-refractivity contribution in [2.75, 3.05) is 14.1 Å². The lowest BCUT2D eigenvalue weighted by atomic mass is 9.66. The molecule has 1 aliphatic rings. The Morgan fingerprint density at radius 2 is 1.83 bits per heavy atom. The zero-order chi connectivity index (χ0) is 13.4. The van der Waals surface area contributed by atoms with Crippen LogP contribution in [0.25, 0.3) is 0 Å². The Bertz CT molecular complexity index is 432. The van der Waals surface area contributed by atoms with Crippen LogP contribution < -0.4 is 0 Å². The van der Waals surface area contributed by atoms with Crippen LogP contribution in [-0.4, -0.2) is 34.7 Å². The van der Waals surface area contributed by atoms with Crippen molar-refractivity contribution in [3.05, 3.63) is 29.8 Å². The number of rotatable bonds is 2. The molecule has 100 valence electrons. The average Bonchev–Trinajstić information content (AvgIpc) is 2.33. The van der Waals surface area contributed by atoms with Crippen LogP contribution in [-0.2, 0) is 5.60 Å². The summed E-state index contributed by atoms with van der Waals surface area (Å²) >= 11 is 0. The Kier molecular flexibility index (Phi) is 3.39. The molecule has 2 unspecified atom stereocenters. The molecular weight excluding hydrogens is 226 g/mol. The van der Waals surface area contributed by atoms with Crippen LogP contribution in [0.1, 0.15) is 38.2 Å². The van der Waals surface area contributed by atoms with Crippen molar-refractivity contribution in [1.29, 1.82) is 0 Å². The molecule has 0 bridgehead atoms. The molecule has 0 spiro atoms. The van der Waals surface area contributed by atoms with Gasteiger partial charge in [-0.2, -0.15) is 0 Å². The summed E-state index contributed by atoms with van der Waals surface area (Å²) in [4.78, 5) is 2.11. The largest absolute Gasteiger partial charge is 0.508 e. The molecule has 0 aromatic heterocycles. The number of aromatic hydroxyl groups is 1. The van der Waals surface area contributed by atoms with E-state index < -0.39 is 5.60 Å². The minimum absolute atomic E-state index is 0.215. The minimum atomic E-state index is -0.895. The fourth-order valence-electron chi connectivity index (χ4n) is 3.14. The van der Waals surface area contributed by atoms with Gasteiger partial charge in [-0.15, -0.1) is 0 Å².